The highest BCUT2D eigenvalue weighted by atomic mass is 16.6. The second-order valence-electron chi connectivity index (χ2n) is 15.1. The maximum atomic E-state index is 14.3. The number of methoxy groups -OCH3 is 1. The molecule has 1 saturated heterocycles. The summed E-state index contributed by atoms with van der Waals surface area (Å²) in [4.78, 5) is 52.0. The average Bonchev–Trinajstić information content (AvgIpc) is 3.59. The Morgan fingerprint density at radius 3 is 2.60 bits per heavy atom. The summed E-state index contributed by atoms with van der Waals surface area (Å²) in [7, 11) is 1.30. The van der Waals surface area contributed by atoms with Crippen molar-refractivity contribution >= 4 is 35.1 Å². The van der Waals surface area contributed by atoms with Crippen LogP contribution in [0.1, 0.15) is 70.6 Å². The third-order valence-corrected chi connectivity index (χ3v) is 10.5. The molecular formula is C39H46N4O7. The second kappa shape index (κ2) is 13.9. The molecule has 0 radical (unpaired) electrons. The van der Waals surface area contributed by atoms with Gasteiger partial charge in [0.05, 0.1) is 24.7 Å². The fourth-order valence-corrected chi connectivity index (χ4v) is 7.82. The fourth-order valence-electron chi connectivity index (χ4n) is 7.82. The Balaban J connectivity index is 1.21. The number of allylic oxidation sites excluding steroid dienone is 1. The molecule has 264 valence electrons. The number of carbonyl (C=O) groups is 3. The number of hydrogen-bond donors (Lipinski definition) is 1. The van der Waals surface area contributed by atoms with Crippen LogP contribution < -0.4 is 14.8 Å². The van der Waals surface area contributed by atoms with Crippen LogP contribution in [0.2, 0.25) is 0 Å². The highest BCUT2D eigenvalue weighted by molar-refractivity contribution is 5.91. The third-order valence-electron chi connectivity index (χ3n) is 10.5. The lowest BCUT2D eigenvalue weighted by molar-refractivity contribution is -0.152. The lowest BCUT2D eigenvalue weighted by atomic mass is 9.85. The van der Waals surface area contributed by atoms with E-state index >= 15 is 0 Å². The second-order valence-corrected chi connectivity index (χ2v) is 15.1. The van der Waals surface area contributed by atoms with Gasteiger partial charge in [-0.25, -0.2) is 19.6 Å². The summed E-state index contributed by atoms with van der Waals surface area (Å²) in [5.74, 6) is 1.49. The number of alkyl carbamates (subject to hydrolysis) is 1. The zero-order valence-electron chi connectivity index (χ0n) is 29.2. The first-order valence-corrected chi connectivity index (χ1v) is 17.7. The van der Waals surface area contributed by atoms with Gasteiger partial charge in [0.15, 0.2) is 0 Å². The number of carbonyl (C=O) groups excluding carboxylic acids is 3. The molecule has 3 aromatic rings. The molecule has 3 heterocycles. The van der Waals surface area contributed by atoms with E-state index in [4.69, 9.17) is 28.9 Å². The SMILES string of the molecule is COC(=O)[C@@H]1C[C@@H]2CN1C(=O)[C@H](C(C)(C)C)NC(=O)O[C@@H]1CC3C[C@@H]3[C@H]1CCC/C=C/c1nc3ccc(OCc4ccccc4)cc3nc1O2. The van der Waals surface area contributed by atoms with Crippen molar-refractivity contribution in [2.24, 2.45) is 23.2 Å². The summed E-state index contributed by atoms with van der Waals surface area (Å²) in [6.07, 6.45) is 7.59. The van der Waals surface area contributed by atoms with Crippen LogP contribution in [0.3, 0.4) is 0 Å². The molecule has 50 heavy (non-hydrogen) atoms. The van der Waals surface area contributed by atoms with Crippen molar-refractivity contribution in [1.82, 2.24) is 20.2 Å². The number of benzene rings is 2. The standard InChI is InChI=1S/C39H46N4O7/c1-39(2,3)34-36(44)43-21-26(20-32(43)37(45)47-4)49-35-30(14-10-6-9-13-27-28-17-24(28)18-33(27)50-38(46)42-34)40-29-16-15-25(19-31(29)41-35)48-22-23-11-7-5-8-12-23/h5,7-8,10-12,14-16,19,24,26-28,32-34H,6,9,13,17-18,20-22H2,1-4H3,(H,42,46)/b14-10+/t24?,26-,27-,28+,32+,33-,34-/m1/s1. The molecule has 2 amide bonds. The van der Waals surface area contributed by atoms with Crippen molar-refractivity contribution in [2.75, 3.05) is 13.7 Å². The van der Waals surface area contributed by atoms with Gasteiger partial charge in [-0.05, 0) is 79.0 Å². The molecular weight excluding hydrogens is 636 g/mol. The van der Waals surface area contributed by atoms with Gasteiger partial charge in [0.2, 0.25) is 11.8 Å². The third kappa shape index (κ3) is 7.27. The van der Waals surface area contributed by atoms with E-state index in [1.807, 2.05) is 75.4 Å². The normalized spacial score (nSPS) is 28.9. The zero-order chi connectivity index (χ0) is 35.0. The fraction of sp³-hybridized carbons (Fsp3) is 0.513. The molecule has 1 aromatic heterocycles. The first-order valence-electron chi connectivity index (χ1n) is 17.7. The van der Waals surface area contributed by atoms with E-state index in [0.717, 1.165) is 31.2 Å². The van der Waals surface area contributed by atoms with E-state index in [9.17, 15) is 14.4 Å². The van der Waals surface area contributed by atoms with Crippen LogP contribution in [0, 0.1) is 23.2 Å². The van der Waals surface area contributed by atoms with Crippen LogP contribution in [0.4, 0.5) is 4.79 Å². The summed E-state index contributed by atoms with van der Waals surface area (Å²) in [6.45, 7) is 6.16. The molecule has 1 unspecified atom stereocenters. The molecule has 7 rings (SSSR count). The first-order chi connectivity index (χ1) is 24.1. The van der Waals surface area contributed by atoms with Crippen molar-refractivity contribution < 1.29 is 33.3 Å². The number of esters is 1. The van der Waals surface area contributed by atoms with Crippen LogP contribution in [-0.4, -0.2) is 70.8 Å². The maximum Gasteiger partial charge on any atom is 0.408 e. The molecule has 11 nitrogen and oxygen atoms in total. The van der Waals surface area contributed by atoms with E-state index < -0.39 is 41.6 Å². The number of amides is 2. The molecule has 2 aliphatic carbocycles. The van der Waals surface area contributed by atoms with Crippen LogP contribution in [-0.2, 0) is 25.7 Å². The van der Waals surface area contributed by atoms with Gasteiger partial charge in [-0.1, -0.05) is 57.2 Å². The molecule has 2 saturated carbocycles. The minimum absolute atomic E-state index is 0.0963. The summed E-state index contributed by atoms with van der Waals surface area (Å²) < 4.78 is 23.7. The summed E-state index contributed by atoms with van der Waals surface area (Å²) >= 11 is 0. The van der Waals surface area contributed by atoms with Crippen LogP contribution in [0.15, 0.2) is 54.6 Å². The van der Waals surface area contributed by atoms with Gasteiger partial charge in [0.1, 0.15) is 42.3 Å². The number of nitrogens with zero attached hydrogens (tertiary/aromatic N) is 3. The zero-order valence-corrected chi connectivity index (χ0v) is 29.2. The molecule has 7 atom stereocenters. The number of hydrogen-bond acceptors (Lipinski definition) is 9. The van der Waals surface area contributed by atoms with Crippen LogP contribution >= 0.6 is 0 Å². The van der Waals surface area contributed by atoms with Gasteiger partial charge < -0.3 is 29.2 Å². The van der Waals surface area contributed by atoms with Gasteiger partial charge in [-0.2, -0.15) is 0 Å². The van der Waals surface area contributed by atoms with Crippen molar-refractivity contribution in [1.29, 1.82) is 0 Å². The Bertz CT molecular complexity index is 1770. The van der Waals surface area contributed by atoms with Gasteiger partial charge >= 0.3 is 12.1 Å². The lowest BCUT2D eigenvalue weighted by Crippen LogP contribution is -2.57. The summed E-state index contributed by atoms with van der Waals surface area (Å²) in [5.41, 5.74) is 2.24. The number of ether oxygens (including phenoxy) is 4. The molecule has 4 aliphatic rings. The van der Waals surface area contributed by atoms with Gasteiger partial charge in [-0.15, -0.1) is 0 Å². The number of rotatable bonds is 4. The maximum absolute atomic E-state index is 14.3. The predicted molar refractivity (Wildman–Crippen MR) is 186 cm³/mol. The number of nitrogens with one attached hydrogen (secondary N) is 1. The summed E-state index contributed by atoms with van der Waals surface area (Å²) in [6, 6.07) is 13.7. The first kappa shape index (κ1) is 33.8. The number of fused-ring (bicyclic) bond motifs is 7. The highest BCUT2D eigenvalue weighted by Gasteiger charge is 2.54. The molecule has 0 spiro atoms. The Morgan fingerprint density at radius 1 is 1.00 bits per heavy atom. The molecule has 2 aliphatic heterocycles. The highest BCUT2D eigenvalue weighted by Crippen LogP contribution is 2.57. The molecule has 11 heteroatoms. The van der Waals surface area contributed by atoms with Crippen LogP contribution in [0.25, 0.3) is 17.1 Å². The topological polar surface area (TPSA) is 129 Å². The van der Waals surface area contributed by atoms with Gasteiger partial charge in [-0.3, -0.25) is 4.79 Å². The van der Waals surface area contributed by atoms with Crippen LogP contribution in [0.5, 0.6) is 11.6 Å². The molecule has 3 fully saturated rings. The average molecular weight is 683 g/mol. The lowest BCUT2D eigenvalue weighted by Gasteiger charge is -2.35. The Kier molecular flexibility index (Phi) is 9.41. The van der Waals surface area contributed by atoms with Gasteiger partial charge in [0, 0.05) is 12.5 Å². The van der Waals surface area contributed by atoms with Crippen molar-refractivity contribution in [2.45, 2.75) is 90.2 Å². The quantitative estimate of drug-likeness (QED) is 0.325. The Morgan fingerprint density at radius 2 is 1.82 bits per heavy atom. The minimum Gasteiger partial charge on any atom is -0.489 e. The molecule has 1 N–H and O–H groups in total. The van der Waals surface area contributed by atoms with E-state index in [0.29, 0.717) is 52.7 Å². The van der Waals surface area contributed by atoms with E-state index in [1.54, 1.807) is 0 Å². The van der Waals surface area contributed by atoms with Crippen molar-refractivity contribution in [3.63, 3.8) is 0 Å². The van der Waals surface area contributed by atoms with E-state index in [1.165, 1.54) is 18.4 Å². The van der Waals surface area contributed by atoms with Gasteiger partial charge in [0.25, 0.3) is 0 Å². The van der Waals surface area contributed by atoms with Crippen molar-refractivity contribution in [3.05, 3.63) is 65.9 Å². The number of aromatic nitrogens is 2. The van der Waals surface area contributed by atoms with E-state index in [-0.39, 0.29) is 19.1 Å². The summed E-state index contributed by atoms with van der Waals surface area (Å²) in [5, 5.41) is 2.88. The predicted octanol–water partition coefficient (Wildman–Crippen LogP) is 6.09. The molecule has 2 aromatic carbocycles. The monoisotopic (exact) mass is 682 g/mol. The molecule has 2 bridgehead atoms. The Labute approximate surface area is 292 Å². The minimum atomic E-state index is -0.942. The smallest absolute Gasteiger partial charge is 0.408 e. The van der Waals surface area contributed by atoms with Crippen molar-refractivity contribution in [3.8, 4) is 11.6 Å². The Hall–Kier alpha value is -4.67. The largest absolute Gasteiger partial charge is 0.489 e. The van der Waals surface area contributed by atoms with E-state index in [2.05, 4.69) is 11.4 Å².